The largest absolute Gasteiger partial charge is 0.494 e. The van der Waals surface area contributed by atoms with Crippen molar-refractivity contribution in [1.82, 2.24) is 4.57 Å². The van der Waals surface area contributed by atoms with Gasteiger partial charge in [-0.25, -0.2) is 0 Å². The van der Waals surface area contributed by atoms with Gasteiger partial charge < -0.3 is 9.67 Å². The Kier molecular flexibility index (Phi) is 2.67. The molecule has 1 aromatic heterocycles. The van der Waals surface area contributed by atoms with E-state index in [0.717, 1.165) is 6.07 Å². The maximum Gasteiger partial charge on any atom is 0.294 e. The maximum absolute atomic E-state index is 11.9. The molecule has 96 valence electrons. The number of pyridine rings is 1. The first-order valence-electron chi connectivity index (χ1n) is 5.03. The lowest BCUT2D eigenvalue weighted by Gasteiger charge is -2.10. The third kappa shape index (κ3) is 1.77. The van der Waals surface area contributed by atoms with E-state index >= 15 is 0 Å². The van der Waals surface area contributed by atoms with Gasteiger partial charge in [0.1, 0.15) is 0 Å². The number of rotatable bonds is 1. The van der Waals surface area contributed by atoms with E-state index in [1.54, 1.807) is 7.05 Å². The van der Waals surface area contributed by atoms with E-state index in [9.17, 15) is 18.3 Å². The summed E-state index contributed by atoms with van der Waals surface area (Å²) in [6, 6.07) is 3.63. The molecule has 1 aromatic carbocycles. The minimum absolute atomic E-state index is 0.123. The lowest BCUT2D eigenvalue weighted by molar-refractivity contribution is 0.426. The molecule has 0 saturated carbocycles. The van der Waals surface area contributed by atoms with Gasteiger partial charge in [0.2, 0.25) is 0 Å². The average Bonchev–Trinajstić information content (AvgIpc) is 2.32. The minimum Gasteiger partial charge on any atom is -0.494 e. The molecule has 0 atom stereocenters. The highest BCUT2D eigenvalue weighted by Gasteiger charge is 2.15. The topological polar surface area (TPSA) is 96.6 Å². The molecule has 0 radical (unpaired) electrons. The second-order valence-corrected chi connectivity index (χ2v) is 5.41. The van der Waals surface area contributed by atoms with Crippen LogP contribution in [0.3, 0.4) is 0 Å². The lowest BCUT2D eigenvalue weighted by atomic mass is 10.1. The number of aryl methyl sites for hydroxylation is 1. The van der Waals surface area contributed by atoms with Crippen LogP contribution in [0, 0.1) is 6.92 Å². The van der Waals surface area contributed by atoms with Crippen LogP contribution in [0.5, 0.6) is 5.88 Å². The van der Waals surface area contributed by atoms with E-state index in [4.69, 9.17) is 4.55 Å². The van der Waals surface area contributed by atoms with E-state index in [0.29, 0.717) is 5.52 Å². The van der Waals surface area contributed by atoms with Gasteiger partial charge in [-0.2, -0.15) is 8.42 Å². The number of aromatic nitrogens is 1. The quantitative estimate of drug-likeness (QED) is 0.746. The molecule has 0 bridgehead atoms. The number of benzene rings is 1. The standard InChI is InChI=1S/C11H11NO5S/c1-6-10(13)8-5-7(18(15,16)17)3-4-9(8)12(2)11(6)14/h3-5,14H,1-2H3,(H,15,16,17). The lowest BCUT2D eigenvalue weighted by Crippen LogP contribution is -2.12. The fourth-order valence-electron chi connectivity index (χ4n) is 1.82. The Labute approximate surface area is 103 Å². The Morgan fingerprint density at radius 2 is 1.89 bits per heavy atom. The molecule has 2 rings (SSSR count). The number of hydrogen-bond donors (Lipinski definition) is 2. The van der Waals surface area contributed by atoms with Gasteiger partial charge in [-0.3, -0.25) is 9.35 Å². The van der Waals surface area contributed by atoms with Crippen LogP contribution in [0.15, 0.2) is 27.9 Å². The molecule has 0 amide bonds. The van der Waals surface area contributed by atoms with Gasteiger partial charge in [0.15, 0.2) is 11.3 Å². The highest BCUT2D eigenvalue weighted by atomic mass is 32.2. The van der Waals surface area contributed by atoms with Crippen LogP contribution in [0.2, 0.25) is 0 Å². The van der Waals surface area contributed by atoms with Crippen LogP contribution in [0.25, 0.3) is 10.9 Å². The first-order chi connectivity index (χ1) is 8.23. The molecular formula is C11H11NO5S. The molecule has 0 aliphatic heterocycles. The van der Waals surface area contributed by atoms with Crippen LogP contribution >= 0.6 is 0 Å². The van der Waals surface area contributed by atoms with E-state index in [1.165, 1.54) is 23.6 Å². The summed E-state index contributed by atoms with van der Waals surface area (Å²) < 4.78 is 32.4. The maximum atomic E-state index is 11.9. The van der Waals surface area contributed by atoms with E-state index < -0.39 is 15.5 Å². The number of fused-ring (bicyclic) bond motifs is 1. The van der Waals surface area contributed by atoms with Gasteiger partial charge >= 0.3 is 0 Å². The number of hydrogen-bond acceptors (Lipinski definition) is 4. The molecule has 0 unspecified atom stereocenters. The fraction of sp³-hybridized carbons (Fsp3) is 0.182. The second-order valence-electron chi connectivity index (χ2n) is 3.99. The highest BCUT2D eigenvalue weighted by molar-refractivity contribution is 7.85. The zero-order chi connectivity index (χ0) is 13.7. The number of aromatic hydroxyl groups is 1. The molecule has 0 spiro atoms. The van der Waals surface area contributed by atoms with Crippen molar-refractivity contribution in [2.45, 2.75) is 11.8 Å². The summed E-state index contributed by atoms with van der Waals surface area (Å²) in [5.41, 5.74) is 0.0408. The summed E-state index contributed by atoms with van der Waals surface area (Å²) in [4.78, 5) is 11.6. The SMILES string of the molecule is Cc1c(O)n(C)c2ccc(S(=O)(=O)O)cc2c1=O. The average molecular weight is 269 g/mol. The third-order valence-corrected chi connectivity index (χ3v) is 3.72. The zero-order valence-electron chi connectivity index (χ0n) is 9.71. The highest BCUT2D eigenvalue weighted by Crippen LogP contribution is 2.21. The van der Waals surface area contributed by atoms with Crippen molar-refractivity contribution < 1.29 is 18.1 Å². The predicted octanol–water partition coefficient (Wildman–Crippen LogP) is 0.799. The summed E-state index contributed by atoms with van der Waals surface area (Å²) >= 11 is 0. The predicted molar refractivity (Wildman–Crippen MR) is 65.4 cm³/mol. The molecule has 2 N–H and O–H groups in total. The molecule has 6 nitrogen and oxygen atoms in total. The van der Waals surface area contributed by atoms with Gasteiger partial charge in [0, 0.05) is 12.4 Å². The van der Waals surface area contributed by atoms with Crippen LogP contribution in [0.4, 0.5) is 0 Å². The Hall–Kier alpha value is -1.86. The molecule has 0 saturated heterocycles. The van der Waals surface area contributed by atoms with Crippen molar-refractivity contribution >= 4 is 21.0 Å². The number of nitrogens with zero attached hydrogens (tertiary/aromatic N) is 1. The van der Waals surface area contributed by atoms with Crippen molar-refractivity contribution in [1.29, 1.82) is 0 Å². The Morgan fingerprint density at radius 1 is 1.28 bits per heavy atom. The van der Waals surface area contributed by atoms with Crippen LogP contribution < -0.4 is 5.43 Å². The van der Waals surface area contributed by atoms with Gasteiger partial charge in [-0.1, -0.05) is 0 Å². The van der Waals surface area contributed by atoms with E-state index in [2.05, 4.69) is 0 Å². The third-order valence-electron chi connectivity index (χ3n) is 2.87. The van der Waals surface area contributed by atoms with Crippen molar-refractivity contribution in [3.8, 4) is 5.88 Å². The first kappa shape index (κ1) is 12.6. The molecule has 18 heavy (non-hydrogen) atoms. The molecule has 0 aliphatic carbocycles. The van der Waals surface area contributed by atoms with Crippen LogP contribution in [-0.2, 0) is 17.2 Å². The zero-order valence-corrected chi connectivity index (χ0v) is 10.5. The van der Waals surface area contributed by atoms with Crippen molar-refractivity contribution in [3.05, 3.63) is 34.0 Å². The summed E-state index contributed by atoms with van der Waals surface area (Å²) in [5, 5.41) is 9.84. The van der Waals surface area contributed by atoms with E-state index in [-0.39, 0.29) is 21.7 Å². The molecule has 0 aliphatic rings. The van der Waals surface area contributed by atoms with Crippen molar-refractivity contribution in [3.63, 3.8) is 0 Å². The molecule has 1 heterocycles. The summed E-state index contributed by atoms with van der Waals surface area (Å²) in [6.45, 7) is 1.44. The molecule has 7 heteroatoms. The van der Waals surface area contributed by atoms with Crippen molar-refractivity contribution in [2.24, 2.45) is 7.05 Å². The molecule has 0 fully saturated rings. The van der Waals surface area contributed by atoms with Gasteiger partial charge in [-0.05, 0) is 25.1 Å². The first-order valence-corrected chi connectivity index (χ1v) is 6.47. The van der Waals surface area contributed by atoms with Crippen molar-refractivity contribution in [2.75, 3.05) is 0 Å². The monoisotopic (exact) mass is 269 g/mol. The molecule has 2 aromatic rings. The van der Waals surface area contributed by atoms with Gasteiger partial charge in [0.05, 0.1) is 16.0 Å². The van der Waals surface area contributed by atoms with Crippen LogP contribution in [-0.4, -0.2) is 22.6 Å². The van der Waals surface area contributed by atoms with Crippen LogP contribution in [0.1, 0.15) is 5.56 Å². The fourth-order valence-corrected chi connectivity index (χ4v) is 2.33. The minimum atomic E-state index is -4.36. The summed E-state index contributed by atoms with van der Waals surface area (Å²) in [7, 11) is -2.80. The van der Waals surface area contributed by atoms with Gasteiger partial charge in [-0.15, -0.1) is 0 Å². The Bertz CT molecular complexity index is 804. The van der Waals surface area contributed by atoms with E-state index in [1.807, 2.05) is 0 Å². The van der Waals surface area contributed by atoms with Gasteiger partial charge in [0.25, 0.3) is 10.1 Å². The smallest absolute Gasteiger partial charge is 0.294 e. The molecular weight excluding hydrogens is 258 g/mol. The second kappa shape index (κ2) is 3.82. The Morgan fingerprint density at radius 3 is 2.44 bits per heavy atom. The summed E-state index contributed by atoms with van der Waals surface area (Å²) in [6.07, 6.45) is 0. The Balaban J connectivity index is 3.01. The summed E-state index contributed by atoms with van der Waals surface area (Å²) in [5.74, 6) is -0.174. The normalized spacial score (nSPS) is 11.9.